The number of hydrazone groups is 1. The number of fused-ring (bicyclic) bond motifs is 1. The fraction of sp³-hybridized carbons (Fsp3) is 0.148. The van der Waals surface area contributed by atoms with Crippen LogP contribution in [-0.4, -0.2) is 16.6 Å². The number of rotatable bonds is 7. The highest BCUT2D eigenvalue weighted by atomic mass is 35.5. The van der Waals surface area contributed by atoms with Crippen molar-refractivity contribution in [2.45, 2.75) is 26.2 Å². The molecule has 1 N–H and O–H groups in total. The normalized spacial score (nSPS) is 11.6. The van der Waals surface area contributed by atoms with E-state index in [0.717, 1.165) is 24.0 Å². The predicted molar refractivity (Wildman–Crippen MR) is 137 cm³/mol. The van der Waals surface area contributed by atoms with Crippen LogP contribution < -0.4 is 5.43 Å². The molecule has 0 spiro atoms. The van der Waals surface area contributed by atoms with Crippen LogP contribution in [0.25, 0.3) is 22.2 Å². The summed E-state index contributed by atoms with van der Waals surface area (Å²) in [5.74, 6) is -0.684. The summed E-state index contributed by atoms with van der Waals surface area (Å²) in [5, 5.41) is 5.96. The molecule has 1 aromatic heterocycles. The molecule has 0 saturated heterocycles. The number of hydrogen-bond donors (Lipinski definition) is 1. The number of halogens is 3. The minimum Gasteiger partial charge on any atom is -0.267 e. The summed E-state index contributed by atoms with van der Waals surface area (Å²) in [6.45, 7) is 2.08. The van der Waals surface area contributed by atoms with Crippen LogP contribution >= 0.6 is 23.2 Å². The van der Waals surface area contributed by atoms with Crippen molar-refractivity contribution in [3.63, 3.8) is 0 Å². The molecule has 3 aromatic carbocycles. The van der Waals surface area contributed by atoms with E-state index in [1.807, 2.05) is 30.3 Å². The molecular formula is C27H22Cl2FN3O. The van der Waals surface area contributed by atoms with E-state index in [4.69, 9.17) is 28.2 Å². The molecule has 0 radical (unpaired) electrons. The van der Waals surface area contributed by atoms with Crippen LogP contribution in [0.1, 0.15) is 42.1 Å². The molecule has 1 heterocycles. The summed E-state index contributed by atoms with van der Waals surface area (Å²) in [4.78, 5) is 18.0. The van der Waals surface area contributed by atoms with E-state index in [1.54, 1.807) is 30.3 Å². The van der Waals surface area contributed by atoms with Gasteiger partial charge in [-0.15, -0.1) is 0 Å². The zero-order valence-electron chi connectivity index (χ0n) is 18.5. The van der Waals surface area contributed by atoms with Gasteiger partial charge in [0.1, 0.15) is 5.82 Å². The molecule has 172 valence electrons. The SMILES string of the molecule is CCCCC(=NNC(=O)c1cc(-c2ccc(Cl)c(Cl)c2)nc2ccccc12)c1ccc(F)cc1. The average molecular weight is 494 g/mol. The number of carbonyl (C=O) groups excluding carboxylic acids is 1. The van der Waals surface area contributed by atoms with Crippen molar-refractivity contribution < 1.29 is 9.18 Å². The first kappa shape index (κ1) is 23.9. The van der Waals surface area contributed by atoms with Crippen molar-refractivity contribution >= 4 is 45.7 Å². The largest absolute Gasteiger partial charge is 0.272 e. The molecule has 4 rings (SSSR count). The van der Waals surface area contributed by atoms with Crippen molar-refractivity contribution in [3.05, 3.63) is 99.8 Å². The second-order valence-corrected chi connectivity index (χ2v) is 8.63. The molecule has 4 aromatic rings. The van der Waals surface area contributed by atoms with E-state index >= 15 is 0 Å². The monoisotopic (exact) mass is 493 g/mol. The lowest BCUT2D eigenvalue weighted by Crippen LogP contribution is -2.21. The Morgan fingerprint density at radius 2 is 1.76 bits per heavy atom. The van der Waals surface area contributed by atoms with E-state index in [2.05, 4.69) is 17.5 Å². The van der Waals surface area contributed by atoms with Gasteiger partial charge in [-0.25, -0.2) is 14.8 Å². The Balaban J connectivity index is 1.72. The predicted octanol–water partition coefficient (Wildman–Crippen LogP) is 7.67. The number of benzene rings is 3. The van der Waals surface area contributed by atoms with Gasteiger partial charge in [0.15, 0.2) is 0 Å². The summed E-state index contributed by atoms with van der Waals surface area (Å²) in [6, 6.07) is 20.5. The van der Waals surface area contributed by atoms with Gasteiger partial charge >= 0.3 is 0 Å². The number of para-hydroxylation sites is 1. The van der Waals surface area contributed by atoms with E-state index in [9.17, 15) is 9.18 Å². The Labute approximate surface area is 207 Å². The number of hydrogen-bond acceptors (Lipinski definition) is 3. The molecule has 1 amide bonds. The molecule has 0 fully saturated rings. The van der Waals surface area contributed by atoms with Crippen LogP contribution in [0.5, 0.6) is 0 Å². The number of unbranched alkanes of at least 4 members (excludes halogenated alkanes) is 1. The third-order valence-electron chi connectivity index (χ3n) is 5.41. The van der Waals surface area contributed by atoms with E-state index in [0.29, 0.717) is 44.3 Å². The lowest BCUT2D eigenvalue weighted by molar-refractivity contribution is 0.0956. The number of amides is 1. The highest BCUT2D eigenvalue weighted by Gasteiger charge is 2.15. The molecule has 0 aliphatic rings. The van der Waals surface area contributed by atoms with Crippen molar-refractivity contribution in [1.29, 1.82) is 0 Å². The third-order valence-corrected chi connectivity index (χ3v) is 6.15. The van der Waals surface area contributed by atoms with Gasteiger partial charge in [0.2, 0.25) is 0 Å². The first-order chi connectivity index (χ1) is 16.5. The summed E-state index contributed by atoms with van der Waals surface area (Å²) < 4.78 is 13.4. The maximum Gasteiger partial charge on any atom is 0.272 e. The lowest BCUT2D eigenvalue weighted by Gasteiger charge is -2.11. The Hall–Kier alpha value is -3.28. The Morgan fingerprint density at radius 1 is 1.00 bits per heavy atom. The van der Waals surface area contributed by atoms with Crippen molar-refractivity contribution in [3.8, 4) is 11.3 Å². The smallest absolute Gasteiger partial charge is 0.267 e. The summed E-state index contributed by atoms with van der Waals surface area (Å²) in [7, 11) is 0. The van der Waals surface area contributed by atoms with Gasteiger partial charge in [-0.1, -0.05) is 72.9 Å². The second kappa shape index (κ2) is 10.8. The maximum absolute atomic E-state index is 13.4. The molecule has 7 heteroatoms. The Bertz CT molecular complexity index is 1370. The van der Waals surface area contributed by atoms with E-state index in [1.165, 1.54) is 12.1 Å². The molecule has 0 bridgehead atoms. The fourth-order valence-electron chi connectivity index (χ4n) is 3.60. The molecule has 0 aliphatic heterocycles. The summed E-state index contributed by atoms with van der Waals surface area (Å²) >= 11 is 12.3. The van der Waals surface area contributed by atoms with Crippen molar-refractivity contribution in [2.24, 2.45) is 5.10 Å². The topological polar surface area (TPSA) is 54.4 Å². The van der Waals surface area contributed by atoms with Gasteiger partial charge in [-0.05, 0) is 54.8 Å². The van der Waals surface area contributed by atoms with Gasteiger partial charge < -0.3 is 0 Å². The third kappa shape index (κ3) is 5.44. The molecule has 0 atom stereocenters. The zero-order chi connectivity index (χ0) is 24.1. The van der Waals surface area contributed by atoms with Crippen LogP contribution in [0.15, 0.2) is 77.9 Å². The molecule has 0 saturated carbocycles. The van der Waals surface area contributed by atoms with Gasteiger partial charge in [-0.3, -0.25) is 4.79 Å². The summed E-state index contributed by atoms with van der Waals surface area (Å²) in [5.41, 5.74) is 6.60. The van der Waals surface area contributed by atoms with Crippen molar-refractivity contribution in [1.82, 2.24) is 10.4 Å². The lowest BCUT2D eigenvalue weighted by atomic mass is 10.0. The van der Waals surface area contributed by atoms with Crippen LogP contribution in [0.4, 0.5) is 4.39 Å². The standard InChI is InChI=1S/C27H22Cl2FN3O/c1-2-3-7-24(17-9-12-19(30)13-10-17)32-33-27(34)21-16-26(18-11-14-22(28)23(29)15-18)31-25-8-5-4-6-20(21)25/h4-6,8-16H,2-3,7H2,1H3,(H,33,34). The van der Waals surface area contributed by atoms with Gasteiger partial charge in [0.25, 0.3) is 5.91 Å². The average Bonchev–Trinajstić information content (AvgIpc) is 2.85. The number of aromatic nitrogens is 1. The first-order valence-corrected chi connectivity index (χ1v) is 11.7. The molecule has 0 aliphatic carbocycles. The highest BCUT2D eigenvalue weighted by Crippen LogP contribution is 2.30. The van der Waals surface area contributed by atoms with Crippen molar-refractivity contribution in [2.75, 3.05) is 0 Å². The molecule has 34 heavy (non-hydrogen) atoms. The summed E-state index contributed by atoms with van der Waals surface area (Å²) in [6.07, 6.45) is 2.52. The molecule has 4 nitrogen and oxygen atoms in total. The van der Waals surface area contributed by atoms with E-state index < -0.39 is 0 Å². The second-order valence-electron chi connectivity index (χ2n) is 7.81. The molecular weight excluding hydrogens is 472 g/mol. The number of nitrogens with zero attached hydrogens (tertiary/aromatic N) is 2. The zero-order valence-corrected chi connectivity index (χ0v) is 20.0. The van der Waals surface area contributed by atoms with E-state index in [-0.39, 0.29) is 11.7 Å². The van der Waals surface area contributed by atoms with Gasteiger partial charge in [0, 0.05) is 10.9 Å². The van der Waals surface area contributed by atoms with Crippen LogP contribution in [0, 0.1) is 5.82 Å². The fourth-order valence-corrected chi connectivity index (χ4v) is 3.89. The minimum atomic E-state index is -0.365. The number of carbonyl (C=O) groups is 1. The van der Waals surface area contributed by atoms with Crippen LogP contribution in [0.3, 0.4) is 0 Å². The first-order valence-electron chi connectivity index (χ1n) is 10.9. The highest BCUT2D eigenvalue weighted by molar-refractivity contribution is 6.42. The number of nitrogens with one attached hydrogen (secondary N) is 1. The van der Waals surface area contributed by atoms with Crippen LogP contribution in [-0.2, 0) is 0 Å². The van der Waals surface area contributed by atoms with Gasteiger partial charge in [-0.2, -0.15) is 5.10 Å². The quantitative estimate of drug-likeness (QED) is 0.212. The van der Waals surface area contributed by atoms with Gasteiger partial charge in [0.05, 0.1) is 32.5 Å². The van der Waals surface area contributed by atoms with Crippen LogP contribution in [0.2, 0.25) is 10.0 Å². The molecule has 0 unspecified atom stereocenters. The minimum absolute atomic E-state index is 0.319. The Morgan fingerprint density at radius 3 is 2.50 bits per heavy atom. The maximum atomic E-state index is 13.4. The Kier molecular flexibility index (Phi) is 7.56. The number of pyridine rings is 1.